The third kappa shape index (κ3) is 8.11. The molecular formula is C38H44N6O6. The lowest BCUT2D eigenvalue weighted by Crippen LogP contribution is -2.28. The number of methoxy groups -OCH3 is 2. The maximum Gasteiger partial charge on any atom is 0.274 e. The molecule has 0 unspecified atom stereocenters. The fourth-order valence-electron chi connectivity index (χ4n) is 6.22. The maximum absolute atomic E-state index is 13.4. The lowest BCUT2D eigenvalue weighted by atomic mass is 9.94. The Labute approximate surface area is 292 Å². The summed E-state index contributed by atoms with van der Waals surface area (Å²) in [6, 6.07) is 15.4. The average molecular weight is 681 g/mol. The van der Waals surface area contributed by atoms with Crippen molar-refractivity contribution in [2.24, 2.45) is 0 Å². The normalized spacial score (nSPS) is 17.0. The molecule has 12 heteroatoms. The molecule has 0 aliphatic carbocycles. The zero-order valence-corrected chi connectivity index (χ0v) is 28.9. The highest BCUT2D eigenvalue weighted by molar-refractivity contribution is 6.05. The summed E-state index contributed by atoms with van der Waals surface area (Å²) < 4.78 is 22.1. The molecule has 2 fully saturated rings. The van der Waals surface area contributed by atoms with Crippen molar-refractivity contribution in [2.75, 3.05) is 51.3 Å². The molecule has 2 atom stereocenters. The second-order valence-corrected chi connectivity index (χ2v) is 12.5. The van der Waals surface area contributed by atoms with Crippen molar-refractivity contribution in [3.8, 4) is 22.6 Å². The molecule has 2 amide bonds. The van der Waals surface area contributed by atoms with Gasteiger partial charge in [-0.2, -0.15) is 0 Å². The molecule has 12 nitrogen and oxygen atoms in total. The summed E-state index contributed by atoms with van der Waals surface area (Å²) in [6.45, 7) is 7.93. The summed E-state index contributed by atoms with van der Waals surface area (Å²) in [5.74, 6) is 0.491. The van der Waals surface area contributed by atoms with Crippen LogP contribution in [0, 0.1) is 13.8 Å². The number of anilines is 2. The number of ether oxygens (including phenoxy) is 4. The number of carbonyl (C=O) groups is 2. The highest BCUT2D eigenvalue weighted by atomic mass is 16.5. The molecule has 2 aliphatic rings. The van der Waals surface area contributed by atoms with Crippen LogP contribution in [0.15, 0.2) is 60.9 Å². The number of aromatic nitrogens is 2. The molecule has 50 heavy (non-hydrogen) atoms. The number of benzene rings is 2. The molecule has 0 saturated carbocycles. The Morgan fingerprint density at radius 3 is 1.54 bits per heavy atom. The van der Waals surface area contributed by atoms with Crippen molar-refractivity contribution in [2.45, 2.75) is 51.9 Å². The van der Waals surface area contributed by atoms with E-state index in [0.29, 0.717) is 61.3 Å². The Bertz CT molecular complexity index is 1700. The predicted octanol–water partition coefficient (Wildman–Crippen LogP) is 5.04. The molecule has 6 rings (SSSR count). The van der Waals surface area contributed by atoms with Crippen LogP contribution < -0.4 is 30.7 Å². The fraction of sp³-hybridized carbons (Fsp3) is 0.368. The lowest BCUT2D eigenvalue weighted by Gasteiger charge is -2.17. The first-order chi connectivity index (χ1) is 24.3. The first-order valence-electron chi connectivity index (χ1n) is 16.8. The van der Waals surface area contributed by atoms with Crippen LogP contribution in [0.3, 0.4) is 0 Å². The number of nitrogens with one attached hydrogen (secondary N) is 4. The van der Waals surface area contributed by atoms with Crippen LogP contribution in [0.4, 0.5) is 11.4 Å². The third-order valence-corrected chi connectivity index (χ3v) is 9.27. The van der Waals surface area contributed by atoms with Gasteiger partial charge in [-0.3, -0.25) is 19.6 Å². The Hall–Kier alpha value is -4.88. The van der Waals surface area contributed by atoms with Crippen LogP contribution in [0.2, 0.25) is 0 Å². The molecule has 4 aromatic rings. The van der Waals surface area contributed by atoms with Gasteiger partial charge in [-0.05, 0) is 61.1 Å². The van der Waals surface area contributed by atoms with Crippen LogP contribution in [-0.2, 0) is 22.6 Å². The number of carbonyl (C=O) groups excluding carboxylic acids is 2. The van der Waals surface area contributed by atoms with Crippen LogP contribution in [0.1, 0.15) is 56.1 Å². The first kappa shape index (κ1) is 35.0. The van der Waals surface area contributed by atoms with E-state index in [4.69, 9.17) is 18.9 Å². The number of nitrogens with zero attached hydrogens (tertiary/aromatic N) is 2. The van der Waals surface area contributed by atoms with E-state index in [9.17, 15) is 9.59 Å². The van der Waals surface area contributed by atoms with E-state index < -0.39 is 0 Å². The molecule has 4 N–H and O–H groups in total. The van der Waals surface area contributed by atoms with Gasteiger partial charge in [0.05, 0.1) is 27.4 Å². The van der Waals surface area contributed by atoms with Crippen LogP contribution >= 0.6 is 0 Å². The molecule has 2 aromatic carbocycles. The Balaban J connectivity index is 1.14. The summed E-state index contributed by atoms with van der Waals surface area (Å²) in [5.41, 5.74) is 7.12. The predicted molar refractivity (Wildman–Crippen MR) is 191 cm³/mol. The van der Waals surface area contributed by atoms with Gasteiger partial charge in [0.25, 0.3) is 11.8 Å². The number of pyridine rings is 2. The van der Waals surface area contributed by atoms with Gasteiger partial charge < -0.3 is 40.2 Å². The summed E-state index contributed by atoms with van der Waals surface area (Å²) in [5, 5.41) is 13.0. The van der Waals surface area contributed by atoms with E-state index in [1.165, 1.54) is 0 Å². The van der Waals surface area contributed by atoms with E-state index in [1.54, 1.807) is 38.7 Å². The molecule has 2 aromatic heterocycles. The Kier molecular flexibility index (Phi) is 11.3. The number of hydrogen-bond acceptors (Lipinski definition) is 10. The minimum Gasteiger partial charge on any atom is -0.496 e. The Morgan fingerprint density at radius 1 is 0.720 bits per heavy atom. The van der Waals surface area contributed by atoms with Crippen molar-refractivity contribution in [1.82, 2.24) is 20.6 Å². The van der Waals surface area contributed by atoms with Crippen molar-refractivity contribution >= 4 is 23.2 Å². The second-order valence-electron chi connectivity index (χ2n) is 12.5. The second kappa shape index (κ2) is 16.2. The zero-order valence-electron chi connectivity index (χ0n) is 28.9. The van der Waals surface area contributed by atoms with Crippen molar-refractivity contribution in [3.63, 3.8) is 0 Å². The van der Waals surface area contributed by atoms with Crippen LogP contribution in [0.25, 0.3) is 11.1 Å². The van der Waals surface area contributed by atoms with E-state index in [2.05, 4.69) is 31.2 Å². The van der Waals surface area contributed by atoms with E-state index in [0.717, 1.165) is 59.4 Å². The molecule has 2 aliphatic heterocycles. The van der Waals surface area contributed by atoms with Crippen molar-refractivity contribution in [1.29, 1.82) is 0 Å². The van der Waals surface area contributed by atoms with Gasteiger partial charge in [0.15, 0.2) is 0 Å². The zero-order chi connectivity index (χ0) is 35.0. The third-order valence-electron chi connectivity index (χ3n) is 9.27. The number of hydrogen-bond donors (Lipinski definition) is 4. The lowest BCUT2D eigenvalue weighted by molar-refractivity contribution is 0.101. The number of rotatable bonds is 13. The first-order valence-corrected chi connectivity index (χ1v) is 16.8. The van der Waals surface area contributed by atoms with Crippen LogP contribution in [0.5, 0.6) is 11.5 Å². The van der Waals surface area contributed by atoms with Crippen molar-refractivity contribution < 1.29 is 28.5 Å². The summed E-state index contributed by atoms with van der Waals surface area (Å²) in [4.78, 5) is 35.6. The fourth-order valence-corrected chi connectivity index (χ4v) is 6.22. The van der Waals surface area contributed by atoms with Gasteiger partial charge >= 0.3 is 0 Å². The summed E-state index contributed by atoms with van der Waals surface area (Å²) in [7, 11) is 3.17. The van der Waals surface area contributed by atoms with Gasteiger partial charge in [-0.25, -0.2) is 0 Å². The molecule has 0 spiro atoms. The summed E-state index contributed by atoms with van der Waals surface area (Å²) in [6.07, 6.45) is 5.27. The van der Waals surface area contributed by atoms with Crippen LogP contribution in [-0.4, -0.2) is 74.5 Å². The molecule has 0 bridgehead atoms. The maximum atomic E-state index is 13.4. The van der Waals surface area contributed by atoms with Gasteiger partial charge in [-0.1, -0.05) is 24.3 Å². The highest BCUT2D eigenvalue weighted by Crippen LogP contribution is 2.34. The SMILES string of the molecule is COc1cc(C(=O)Nc2cccc(-c3cccc(NC(=O)c4cc(OC)c(CN[C@H]5CCOC5)cn4)c3C)c2C)ncc1CN[C@H]1CCOC1. The number of amides is 2. The molecule has 262 valence electrons. The minimum absolute atomic E-state index is 0.249. The Morgan fingerprint density at radius 2 is 1.16 bits per heavy atom. The quantitative estimate of drug-likeness (QED) is 0.152. The summed E-state index contributed by atoms with van der Waals surface area (Å²) >= 11 is 0. The van der Waals surface area contributed by atoms with Gasteiger partial charge in [0.1, 0.15) is 22.9 Å². The molecular weight excluding hydrogens is 636 g/mol. The standard InChI is InChI=1S/C38H44N6O6/c1-23-29(7-5-9-31(23)43-37(45)33-15-35(47-3)25(19-41-33)17-39-27-11-13-49-21-27)30-8-6-10-32(24(30)2)44-38(46)34-16-36(48-4)26(20-42-34)18-40-28-12-14-50-22-28/h5-10,15-16,19-20,27-28,39-40H,11-14,17-18,21-22H2,1-4H3,(H,43,45)(H,44,46)/t27-,28-/m0/s1. The van der Waals surface area contributed by atoms with Gasteiger partial charge in [-0.15, -0.1) is 0 Å². The van der Waals surface area contributed by atoms with E-state index >= 15 is 0 Å². The van der Waals surface area contributed by atoms with E-state index in [-0.39, 0.29) is 23.2 Å². The highest BCUT2D eigenvalue weighted by Gasteiger charge is 2.20. The van der Waals surface area contributed by atoms with Gasteiger partial charge in [0, 0.05) is 85.4 Å². The average Bonchev–Trinajstić information content (AvgIpc) is 3.87. The minimum atomic E-state index is -0.345. The molecule has 2 saturated heterocycles. The molecule has 0 radical (unpaired) electrons. The monoisotopic (exact) mass is 680 g/mol. The molecule has 4 heterocycles. The van der Waals surface area contributed by atoms with Gasteiger partial charge in [0.2, 0.25) is 0 Å². The van der Waals surface area contributed by atoms with E-state index in [1.807, 2.05) is 50.2 Å². The van der Waals surface area contributed by atoms with Crippen molar-refractivity contribution in [3.05, 3.63) is 94.6 Å². The topological polar surface area (TPSA) is 145 Å². The smallest absolute Gasteiger partial charge is 0.274 e. The largest absolute Gasteiger partial charge is 0.496 e.